The fourth-order valence-corrected chi connectivity index (χ4v) is 3.09. The van der Waals surface area contributed by atoms with Crippen LogP contribution in [0.4, 0.5) is 4.39 Å². The fraction of sp³-hybridized carbons (Fsp3) is 0.286. The molecule has 6 heteroatoms. The number of carbonyl (C=O) groups is 2. The zero-order valence-electron chi connectivity index (χ0n) is 15.0. The highest BCUT2D eigenvalue weighted by molar-refractivity contribution is 5.97. The minimum absolute atomic E-state index is 0.133. The van der Waals surface area contributed by atoms with Gasteiger partial charge in [-0.1, -0.05) is 12.1 Å². The molecule has 5 nitrogen and oxygen atoms in total. The zero-order chi connectivity index (χ0) is 19.6. The molecule has 1 fully saturated rings. The number of benzene rings is 2. The summed E-state index contributed by atoms with van der Waals surface area (Å²) in [4.78, 5) is 25.8. The number of amides is 2. The van der Waals surface area contributed by atoms with E-state index in [1.54, 1.807) is 42.2 Å². The summed E-state index contributed by atoms with van der Waals surface area (Å²) in [5, 5.41) is 8.82. The molecule has 0 bridgehead atoms. The summed E-state index contributed by atoms with van der Waals surface area (Å²) in [5.41, 5.74) is 7.59. The van der Waals surface area contributed by atoms with Crippen LogP contribution < -0.4 is 5.73 Å². The lowest BCUT2D eigenvalue weighted by molar-refractivity contribution is 0.0746. The van der Waals surface area contributed by atoms with Crippen LogP contribution in [-0.4, -0.2) is 29.3 Å². The van der Waals surface area contributed by atoms with E-state index in [2.05, 4.69) is 6.07 Å². The first-order valence-electron chi connectivity index (χ1n) is 8.80. The Morgan fingerprint density at radius 3 is 2.44 bits per heavy atom. The molecule has 0 saturated heterocycles. The molecule has 0 aliphatic heterocycles. The van der Waals surface area contributed by atoms with Gasteiger partial charge < -0.3 is 10.6 Å². The Balaban J connectivity index is 1.97. The van der Waals surface area contributed by atoms with Crippen LogP contribution in [0.3, 0.4) is 0 Å². The highest BCUT2D eigenvalue weighted by Gasteiger charge is 2.33. The van der Waals surface area contributed by atoms with E-state index in [0.29, 0.717) is 28.8 Å². The number of rotatable bonds is 6. The summed E-state index contributed by atoms with van der Waals surface area (Å²) in [7, 11) is 0. The Bertz CT molecular complexity index is 928. The van der Waals surface area contributed by atoms with E-state index in [1.807, 2.05) is 0 Å². The van der Waals surface area contributed by atoms with Crippen molar-refractivity contribution < 1.29 is 14.0 Å². The smallest absolute Gasteiger partial charge is 0.254 e. The Morgan fingerprint density at radius 1 is 1.22 bits per heavy atom. The molecule has 27 heavy (non-hydrogen) atoms. The summed E-state index contributed by atoms with van der Waals surface area (Å²) in [6.45, 7) is 1.99. The van der Waals surface area contributed by atoms with Crippen LogP contribution in [0.1, 0.15) is 45.5 Å². The maximum atomic E-state index is 14.5. The van der Waals surface area contributed by atoms with E-state index in [4.69, 9.17) is 11.0 Å². The van der Waals surface area contributed by atoms with E-state index >= 15 is 0 Å². The van der Waals surface area contributed by atoms with Crippen molar-refractivity contribution in [1.29, 1.82) is 5.26 Å². The van der Waals surface area contributed by atoms with Crippen molar-refractivity contribution >= 4 is 11.8 Å². The van der Waals surface area contributed by atoms with Gasteiger partial charge in [0, 0.05) is 23.7 Å². The van der Waals surface area contributed by atoms with Gasteiger partial charge in [-0.2, -0.15) is 5.26 Å². The molecule has 0 spiro atoms. The second-order valence-corrected chi connectivity index (χ2v) is 6.71. The molecule has 0 unspecified atom stereocenters. The first-order chi connectivity index (χ1) is 12.9. The maximum absolute atomic E-state index is 14.5. The van der Waals surface area contributed by atoms with Crippen LogP contribution in [0.2, 0.25) is 0 Å². The third-order valence-corrected chi connectivity index (χ3v) is 4.78. The molecule has 1 aliphatic rings. The lowest BCUT2D eigenvalue weighted by atomic mass is 9.96. The standard InChI is InChI=1S/C21H20FN3O2/c1-13-18(14-3-5-15(6-4-14)20(24)26)11-16(12-19(13)22)21(27)25(10-2-9-23)17-7-8-17/h3-6,11-12,17H,2,7-8,10H2,1H3,(H2,24,26). The third kappa shape index (κ3) is 3.98. The molecule has 1 saturated carbocycles. The predicted octanol–water partition coefficient (Wildman–Crippen LogP) is 3.42. The number of nitrogens with two attached hydrogens (primary N) is 1. The topological polar surface area (TPSA) is 87.2 Å². The van der Waals surface area contributed by atoms with Crippen LogP contribution in [0.15, 0.2) is 36.4 Å². The lowest BCUT2D eigenvalue weighted by Crippen LogP contribution is -2.34. The zero-order valence-corrected chi connectivity index (χ0v) is 15.0. The summed E-state index contributed by atoms with van der Waals surface area (Å²) in [5.74, 6) is -1.27. The molecule has 0 radical (unpaired) electrons. The van der Waals surface area contributed by atoms with E-state index in [9.17, 15) is 14.0 Å². The molecule has 2 amide bonds. The number of primary amides is 1. The molecule has 0 aromatic heterocycles. The quantitative estimate of drug-likeness (QED) is 0.851. The summed E-state index contributed by atoms with van der Waals surface area (Å²) < 4.78 is 14.5. The van der Waals surface area contributed by atoms with Gasteiger partial charge in [-0.05, 0) is 60.7 Å². The first-order valence-corrected chi connectivity index (χ1v) is 8.80. The molecule has 138 valence electrons. The highest BCUT2D eigenvalue weighted by Crippen LogP contribution is 2.31. The molecule has 2 N–H and O–H groups in total. The van der Waals surface area contributed by atoms with Gasteiger partial charge in [0.1, 0.15) is 5.82 Å². The van der Waals surface area contributed by atoms with Gasteiger partial charge in [-0.3, -0.25) is 9.59 Å². The molecule has 1 aliphatic carbocycles. The van der Waals surface area contributed by atoms with Gasteiger partial charge in [0.15, 0.2) is 0 Å². The number of halogens is 1. The molecular formula is C21H20FN3O2. The highest BCUT2D eigenvalue weighted by atomic mass is 19.1. The van der Waals surface area contributed by atoms with Crippen LogP contribution in [-0.2, 0) is 0 Å². The Morgan fingerprint density at radius 2 is 1.89 bits per heavy atom. The molecule has 3 rings (SSSR count). The number of nitrogens with zero attached hydrogens (tertiary/aromatic N) is 2. The number of hydrogen-bond donors (Lipinski definition) is 1. The van der Waals surface area contributed by atoms with Crippen LogP contribution in [0.25, 0.3) is 11.1 Å². The largest absolute Gasteiger partial charge is 0.366 e. The monoisotopic (exact) mass is 365 g/mol. The van der Waals surface area contributed by atoms with Crippen LogP contribution in [0.5, 0.6) is 0 Å². The molecule has 0 atom stereocenters. The second-order valence-electron chi connectivity index (χ2n) is 6.71. The van der Waals surface area contributed by atoms with Crippen molar-refractivity contribution in [3.05, 3.63) is 58.9 Å². The SMILES string of the molecule is Cc1c(F)cc(C(=O)N(CCC#N)C2CC2)cc1-c1ccc(C(N)=O)cc1. The van der Waals surface area contributed by atoms with E-state index < -0.39 is 11.7 Å². The predicted molar refractivity (Wildman–Crippen MR) is 99.4 cm³/mol. The number of carbonyl (C=O) groups excluding carboxylic acids is 2. The normalized spacial score (nSPS) is 13.1. The summed E-state index contributed by atoms with van der Waals surface area (Å²) in [6, 6.07) is 11.6. The Kier molecular flexibility index (Phi) is 5.22. The fourth-order valence-electron chi connectivity index (χ4n) is 3.09. The van der Waals surface area contributed by atoms with Gasteiger partial charge in [0.2, 0.25) is 5.91 Å². The van der Waals surface area contributed by atoms with Crippen molar-refractivity contribution in [2.75, 3.05) is 6.54 Å². The lowest BCUT2D eigenvalue weighted by Gasteiger charge is -2.22. The second kappa shape index (κ2) is 7.58. The molecular weight excluding hydrogens is 345 g/mol. The van der Waals surface area contributed by atoms with Crippen molar-refractivity contribution in [2.45, 2.75) is 32.2 Å². The minimum Gasteiger partial charge on any atom is -0.366 e. The third-order valence-electron chi connectivity index (χ3n) is 4.78. The van der Waals surface area contributed by atoms with Gasteiger partial charge in [-0.25, -0.2) is 4.39 Å². The van der Waals surface area contributed by atoms with Crippen LogP contribution in [0, 0.1) is 24.1 Å². The van der Waals surface area contributed by atoms with E-state index in [1.165, 1.54) is 6.07 Å². The molecule has 0 heterocycles. The van der Waals surface area contributed by atoms with E-state index in [0.717, 1.165) is 12.8 Å². The van der Waals surface area contributed by atoms with Gasteiger partial charge in [0.25, 0.3) is 5.91 Å². The molecule has 2 aromatic carbocycles. The Hall–Kier alpha value is -3.20. The summed E-state index contributed by atoms with van der Waals surface area (Å²) in [6.07, 6.45) is 2.07. The first kappa shape index (κ1) is 18.6. The van der Waals surface area contributed by atoms with Gasteiger partial charge >= 0.3 is 0 Å². The van der Waals surface area contributed by atoms with Crippen LogP contribution >= 0.6 is 0 Å². The van der Waals surface area contributed by atoms with Crippen molar-refractivity contribution in [3.63, 3.8) is 0 Å². The van der Waals surface area contributed by atoms with Crippen molar-refractivity contribution in [2.24, 2.45) is 5.73 Å². The average molecular weight is 365 g/mol. The summed E-state index contributed by atoms with van der Waals surface area (Å²) >= 11 is 0. The minimum atomic E-state index is -0.536. The van der Waals surface area contributed by atoms with Crippen molar-refractivity contribution in [3.8, 4) is 17.2 Å². The van der Waals surface area contributed by atoms with Crippen molar-refractivity contribution in [1.82, 2.24) is 4.90 Å². The van der Waals surface area contributed by atoms with E-state index in [-0.39, 0.29) is 23.9 Å². The average Bonchev–Trinajstić information content (AvgIpc) is 3.49. The van der Waals surface area contributed by atoms with Gasteiger partial charge in [0.05, 0.1) is 12.5 Å². The number of nitriles is 1. The Labute approximate surface area is 157 Å². The number of hydrogen-bond acceptors (Lipinski definition) is 3. The van der Waals surface area contributed by atoms with Gasteiger partial charge in [-0.15, -0.1) is 0 Å². The maximum Gasteiger partial charge on any atom is 0.254 e. The molecule has 2 aromatic rings.